The second-order valence-electron chi connectivity index (χ2n) is 4.65. The normalized spacial score (nSPS) is 10.6. The summed E-state index contributed by atoms with van der Waals surface area (Å²) < 4.78 is 16.7. The number of amides is 1. The monoisotopic (exact) mass is 399 g/mol. The molecule has 0 aliphatic heterocycles. The molecule has 0 aliphatic rings. The van der Waals surface area contributed by atoms with E-state index < -0.39 is 5.91 Å². The van der Waals surface area contributed by atoms with Crippen molar-refractivity contribution >= 4 is 46.5 Å². The molecule has 1 amide bonds. The number of rotatable bonds is 5. The van der Waals surface area contributed by atoms with Gasteiger partial charge in [0.2, 0.25) is 0 Å². The summed E-state index contributed by atoms with van der Waals surface area (Å²) in [7, 11) is 2.93. The standard InChI is InChI=1S/C15H11Cl2N3O4S/c1-22-9-5-3-4-7(11(9)23-2)13(21)18-15-20-19-14(24-15)8-6-10(16)25-12(8)17/h3-6H,1-2H3,(H,18,20,21). The molecule has 0 unspecified atom stereocenters. The number of hydrogen-bond donors (Lipinski definition) is 1. The number of aromatic nitrogens is 2. The Labute approximate surface area is 156 Å². The molecule has 0 radical (unpaired) electrons. The van der Waals surface area contributed by atoms with E-state index in [9.17, 15) is 4.79 Å². The van der Waals surface area contributed by atoms with E-state index in [-0.39, 0.29) is 17.5 Å². The maximum Gasteiger partial charge on any atom is 0.322 e. The largest absolute Gasteiger partial charge is 0.493 e. The maximum absolute atomic E-state index is 12.5. The Hall–Kier alpha value is -2.29. The fourth-order valence-electron chi connectivity index (χ4n) is 2.10. The summed E-state index contributed by atoms with van der Waals surface area (Å²) in [6.07, 6.45) is 0. The number of ether oxygens (including phenoxy) is 2. The lowest BCUT2D eigenvalue weighted by atomic mass is 10.1. The van der Waals surface area contributed by atoms with Gasteiger partial charge in [0.1, 0.15) is 4.34 Å². The number of anilines is 1. The molecule has 1 aromatic carbocycles. The molecule has 0 atom stereocenters. The Morgan fingerprint density at radius 2 is 2.04 bits per heavy atom. The third-order valence-corrected chi connectivity index (χ3v) is 4.67. The Bertz CT molecular complexity index is 925. The van der Waals surface area contributed by atoms with Gasteiger partial charge in [-0.3, -0.25) is 10.1 Å². The quantitative estimate of drug-likeness (QED) is 0.684. The van der Waals surface area contributed by atoms with E-state index in [4.69, 9.17) is 37.1 Å². The fraction of sp³-hybridized carbons (Fsp3) is 0.133. The van der Waals surface area contributed by atoms with E-state index in [2.05, 4.69) is 15.5 Å². The van der Waals surface area contributed by atoms with Crippen molar-refractivity contribution in [1.29, 1.82) is 0 Å². The van der Waals surface area contributed by atoms with Crippen molar-refractivity contribution in [3.63, 3.8) is 0 Å². The summed E-state index contributed by atoms with van der Waals surface area (Å²) in [6, 6.07) is 6.47. The molecule has 7 nitrogen and oxygen atoms in total. The molecule has 2 aromatic heterocycles. The van der Waals surface area contributed by atoms with Crippen LogP contribution in [0.3, 0.4) is 0 Å². The first-order valence-corrected chi connectivity index (χ1v) is 8.41. The third kappa shape index (κ3) is 3.55. The molecule has 0 saturated heterocycles. The van der Waals surface area contributed by atoms with Gasteiger partial charge in [0, 0.05) is 0 Å². The predicted molar refractivity (Wildman–Crippen MR) is 95.1 cm³/mol. The van der Waals surface area contributed by atoms with Gasteiger partial charge in [0.25, 0.3) is 11.8 Å². The summed E-state index contributed by atoms with van der Waals surface area (Å²) in [4.78, 5) is 12.5. The molecule has 1 N–H and O–H groups in total. The van der Waals surface area contributed by atoms with Crippen molar-refractivity contribution in [3.8, 4) is 23.0 Å². The van der Waals surface area contributed by atoms with Crippen molar-refractivity contribution in [1.82, 2.24) is 10.2 Å². The van der Waals surface area contributed by atoms with Crippen molar-refractivity contribution < 1.29 is 18.7 Å². The number of carbonyl (C=O) groups excluding carboxylic acids is 1. The lowest BCUT2D eigenvalue weighted by molar-refractivity contribution is 0.102. The third-order valence-electron chi connectivity index (χ3n) is 3.18. The Kier molecular flexibility index (Phi) is 5.12. The van der Waals surface area contributed by atoms with Crippen LogP contribution in [0.4, 0.5) is 6.01 Å². The second kappa shape index (κ2) is 7.30. The molecule has 0 fully saturated rings. The maximum atomic E-state index is 12.5. The number of halogens is 2. The van der Waals surface area contributed by atoms with Crippen molar-refractivity contribution in [3.05, 3.63) is 38.5 Å². The molecule has 130 valence electrons. The molecule has 0 aliphatic carbocycles. The van der Waals surface area contributed by atoms with Gasteiger partial charge in [0.15, 0.2) is 11.5 Å². The number of thiophene rings is 1. The Balaban J connectivity index is 1.84. The molecule has 2 heterocycles. The van der Waals surface area contributed by atoms with Crippen molar-refractivity contribution in [2.75, 3.05) is 19.5 Å². The Morgan fingerprint density at radius 3 is 2.68 bits per heavy atom. The number of benzene rings is 1. The number of hydrogen-bond acceptors (Lipinski definition) is 7. The van der Waals surface area contributed by atoms with E-state index in [0.717, 1.165) is 0 Å². The summed E-state index contributed by atoms with van der Waals surface area (Å²) in [5.41, 5.74) is 0.766. The van der Waals surface area contributed by atoms with Crippen LogP contribution in [0.5, 0.6) is 11.5 Å². The van der Waals surface area contributed by atoms with Gasteiger partial charge in [-0.1, -0.05) is 34.4 Å². The highest BCUT2D eigenvalue weighted by Gasteiger charge is 2.20. The first-order valence-electron chi connectivity index (χ1n) is 6.84. The molecule has 0 saturated carbocycles. The van der Waals surface area contributed by atoms with Gasteiger partial charge in [-0.25, -0.2) is 0 Å². The number of para-hydroxylation sites is 1. The SMILES string of the molecule is COc1cccc(C(=O)Nc2nnc(-c3cc(Cl)sc3Cl)o2)c1OC. The zero-order valence-electron chi connectivity index (χ0n) is 13.0. The van der Waals surface area contributed by atoms with Crippen LogP contribution < -0.4 is 14.8 Å². The second-order valence-corrected chi connectivity index (χ2v) is 6.93. The lowest BCUT2D eigenvalue weighted by Crippen LogP contribution is -2.13. The molecule has 10 heteroatoms. The van der Waals surface area contributed by atoms with Gasteiger partial charge in [-0.15, -0.1) is 16.4 Å². The highest BCUT2D eigenvalue weighted by atomic mass is 35.5. The van der Waals surface area contributed by atoms with Crippen LogP contribution in [0.25, 0.3) is 11.5 Å². The van der Waals surface area contributed by atoms with Crippen LogP contribution in [0.2, 0.25) is 8.67 Å². The molecule has 0 bridgehead atoms. The number of carbonyl (C=O) groups is 1. The van der Waals surface area contributed by atoms with Crippen LogP contribution in [0, 0.1) is 0 Å². The van der Waals surface area contributed by atoms with Crippen molar-refractivity contribution in [2.24, 2.45) is 0 Å². The Morgan fingerprint density at radius 1 is 1.24 bits per heavy atom. The van der Waals surface area contributed by atoms with Gasteiger partial charge in [-0.05, 0) is 18.2 Å². The predicted octanol–water partition coefficient (Wildman–Crippen LogP) is 4.37. The van der Waals surface area contributed by atoms with E-state index in [1.165, 1.54) is 25.6 Å². The number of methoxy groups -OCH3 is 2. The van der Waals surface area contributed by atoms with Crippen LogP contribution in [0.1, 0.15) is 10.4 Å². The molecule has 25 heavy (non-hydrogen) atoms. The smallest absolute Gasteiger partial charge is 0.322 e. The van der Waals surface area contributed by atoms with Crippen molar-refractivity contribution in [2.45, 2.75) is 0 Å². The molecular weight excluding hydrogens is 389 g/mol. The summed E-state index contributed by atoms with van der Waals surface area (Å²) in [5, 5.41) is 10.2. The zero-order chi connectivity index (χ0) is 18.0. The minimum absolute atomic E-state index is 0.0803. The fourth-order valence-corrected chi connectivity index (χ4v) is 3.55. The van der Waals surface area contributed by atoms with Crippen LogP contribution >= 0.6 is 34.5 Å². The highest BCUT2D eigenvalue weighted by molar-refractivity contribution is 7.20. The van der Waals surface area contributed by atoms with Crippen LogP contribution in [0.15, 0.2) is 28.7 Å². The molecular formula is C15H11Cl2N3O4S. The van der Waals surface area contributed by atoms with Gasteiger partial charge in [0.05, 0.1) is 29.7 Å². The first kappa shape index (κ1) is 17.5. The summed E-state index contributed by atoms with van der Waals surface area (Å²) in [6.45, 7) is 0. The van der Waals surface area contributed by atoms with Gasteiger partial charge >= 0.3 is 6.01 Å². The minimum atomic E-state index is -0.486. The van der Waals surface area contributed by atoms with E-state index >= 15 is 0 Å². The average molecular weight is 400 g/mol. The van der Waals surface area contributed by atoms with E-state index in [1.807, 2.05) is 0 Å². The average Bonchev–Trinajstić information content (AvgIpc) is 3.19. The first-order chi connectivity index (χ1) is 12.0. The molecule has 0 spiro atoms. The minimum Gasteiger partial charge on any atom is -0.493 e. The highest BCUT2D eigenvalue weighted by Crippen LogP contribution is 2.38. The van der Waals surface area contributed by atoms with Gasteiger partial charge < -0.3 is 13.9 Å². The van der Waals surface area contributed by atoms with Crippen LogP contribution in [-0.2, 0) is 0 Å². The lowest BCUT2D eigenvalue weighted by Gasteiger charge is -2.11. The van der Waals surface area contributed by atoms with E-state index in [1.54, 1.807) is 24.3 Å². The number of nitrogens with one attached hydrogen (secondary N) is 1. The van der Waals surface area contributed by atoms with E-state index in [0.29, 0.717) is 25.7 Å². The summed E-state index contributed by atoms with van der Waals surface area (Å²) >= 11 is 13.1. The zero-order valence-corrected chi connectivity index (χ0v) is 15.3. The van der Waals surface area contributed by atoms with Gasteiger partial charge in [-0.2, -0.15) is 0 Å². The molecule has 3 aromatic rings. The molecule has 3 rings (SSSR count). The topological polar surface area (TPSA) is 86.5 Å². The van der Waals surface area contributed by atoms with Crippen LogP contribution in [-0.4, -0.2) is 30.3 Å². The summed E-state index contributed by atoms with van der Waals surface area (Å²) in [5.74, 6) is 0.400. The number of nitrogens with zero attached hydrogens (tertiary/aromatic N) is 2.